The summed E-state index contributed by atoms with van der Waals surface area (Å²) in [5.74, 6) is 0.849. The average molecular weight is 464 g/mol. The quantitative estimate of drug-likeness (QED) is 0.387. The molecule has 6 heteroatoms. The minimum Gasteiger partial charge on any atom is -0.371 e. The number of imidazole rings is 1. The third-order valence-corrected chi connectivity index (χ3v) is 5.66. The lowest BCUT2D eigenvalue weighted by molar-refractivity contribution is 0.741. The second kappa shape index (κ2) is 11.7. The van der Waals surface area contributed by atoms with Gasteiger partial charge in [0, 0.05) is 42.1 Å². The molecular weight excluding hydrogens is 430 g/mol. The van der Waals surface area contributed by atoms with Crippen molar-refractivity contribution in [2.24, 2.45) is 0 Å². The number of anilines is 1. The van der Waals surface area contributed by atoms with Crippen molar-refractivity contribution in [1.82, 2.24) is 19.9 Å². The fraction of sp³-hybridized carbons (Fsp3) is 0.333. The Hall–Kier alpha value is -3.05. The van der Waals surface area contributed by atoms with Gasteiger partial charge in [-0.05, 0) is 50.0 Å². The van der Waals surface area contributed by atoms with Gasteiger partial charge in [0.25, 0.3) is 0 Å². The largest absolute Gasteiger partial charge is 0.371 e. The maximum atomic E-state index is 5.96. The molecule has 0 fully saturated rings. The number of pyridine rings is 1. The van der Waals surface area contributed by atoms with Crippen molar-refractivity contribution in [2.75, 3.05) is 18.0 Å². The third kappa shape index (κ3) is 6.26. The molecule has 0 aliphatic rings. The molecule has 0 saturated heterocycles. The Morgan fingerprint density at radius 1 is 1.12 bits per heavy atom. The van der Waals surface area contributed by atoms with E-state index in [0.717, 1.165) is 39.5 Å². The van der Waals surface area contributed by atoms with E-state index in [0.29, 0.717) is 5.02 Å². The van der Waals surface area contributed by atoms with Gasteiger partial charge in [-0.1, -0.05) is 57.2 Å². The lowest BCUT2D eigenvalue weighted by atomic mass is 10.1. The number of aryl methyl sites for hydroxylation is 2. The van der Waals surface area contributed by atoms with Crippen LogP contribution in [0.3, 0.4) is 0 Å². The second-order valence-corrected chi connectivity index (χ2v) is 8.53. The molecule has 3 aromatic heterocycles. The van der Waals surface area contributed by atoms with E-state index in [4.69, 9.17) is 11.6 Å². The molecule has 1 aromatic carbocycles. The Morgan fingerprint density at radius 3 is 2.48 bits per heavy atom. The zero-order valence-corrected chi connectivity index (χ0v) is 20.8. The Morgan fingerprint density at radius 2 is 1.85 bits per heavy atom. The minimum absolute atomic E-state index is 0.616. The van der Waals surface area contributed by atoms with Crippen LogP contribution in [0.1, 0.15) is 50.6 Å². The van der Waals surface area contributed by atoms with Gasteiger partial charge >= 0.3 is 0 Å². The molecule has 0 radical (unpaired) electrons. The summed E-state index contributed by atoms with van der Waals surface area (Å²) in [6.07, 6.45) is 9.03. The van der Waals surface area contributed by atoms with Crippen LogP contribution in [-0.2, 0) is 6.42 Å². The maximum Gasteiger partial charge on any atom is 0.137 e. The number of fused-ring (bicyclic) bond motifs is 1. The molecule has 4 rings (SSSR count). The molecule has 0 atom stereocenters. The van der Waals surface area contributed by atoms with Crippen LogP contribution in [-0.4, -0.2) is 33.0 Å². The Kier molecular flexibility index (Phi) is 8.72. The first-order valence-corrected chi connectivity index (χ1v) is 12.0. The summed E-state index contributed by atoms with van der Waals surface area (Å²) in [7, 11) is 0. The number of aromatic amines is 2. The highest BCUT2D eigenvalue weighted by molar-refractivity contribution is 6.31. The molecule has 174 valence electrons. The van der Waals surface area contributed by atoms with Gasteiger partial charge in [-0.25, -0.2) is 9.97 Å². The molecule has 0 aliphatic carbocycles. The van der Waals surface area contributed by atoms with Gasteiger partial charge in [0.2, 0.25) is 0 Å². The lowest BCUT2D eigenvalue weighted by Crippen LogP contribution is -2.25. The van der Waals surface area contributed by atoms with E-state index in [9.17, 15) is 0 Å². The molecule has 4 aromatic rings. The van der Waals surface area contributed by atoms with Gasteiger partial charge in [-0.15, -0.1) is 0 Å². The molecule has 0 spiro atoms. The fourth-order valence-corrected chi connectivity index (χ4v) is 4.11. The van der Waals surface area contributed by atoms with Crippen LogP contribution in [0.25, 0.3) is 23.7 Å². The van der Waals surface area contributed by atoms with Gasteiger partial charge in [0.05, 0.1) is 15.7 Å². The topological polar surface area (TPSA) is 60.6 Å². The van der Waals surface area contributed by atoms with Crippen LogP contribution in [0.5, 0.6) is 0 Å². The summed E-state index contributed by atoms with van der Waals surface area (Å²) in [4.78, 5) is 17.3. The molecule has 0 aliphatic heterocycles. The van der Waals surface area contributed by atoms with E-state index in [-0.39, 0.29) is 0 Å². The second-order valence-electron chi connectivity index (χ2n) is 8.09. The van der Waals surface area contributed by atoms with Gasteiger partial charge in [0.15, 0.2) is 0 Å². The number of benzene rings is 1. The molecule has 33 heavy (non-hydrogen) atoms. The first-order valence-electron chi connectivity index (χ1n) is 11.7. The molecule has 0 amide bonds. The van der Waals surface area contributed by atoms with E-state index in [1.807, 2.05) is 25.3 Å². The van der Waals surface area contributed by atoms with Crippen molar-refractivity contribution < 1.29 is 0 Å². The van der Waals surface area contributed by atoms with Gasteiger partial charge in [-0.2, -0.15) is 0 Å². The highest BCUT2D eigenvalue weighted by Crippen LogP contribution is 2.22. The zero-order valence-electron chi connectivity index (χ0n) is 20.1. The zero-order chi connectivity index (χ0) is 23.8. The lowest BCUT2D eigenvalue weighted by Gasteiger charge is -2.26. The summed E-state index contributed by atoms with van der Waals surface area (Å²) in [6, 6.07) is 10.7. The van der Waals surface area contributed by atoms with Crippen LogP contribution in [0.15, 0.2) is 42.7 Å². The SMILES string of the molecule is C=c1[nH]c(C)n/c1=C\c1c[nH]c2ncc(Cl)cc12.CCCN(CCC)c1ccccc1CC. The van der Waals surface area contributed by atoms with Crippen molar-refractivity contribution in [2.45, 2.75) is 47.0 Å². The molecular formula is C27H34ClN5. The number of hydrogen-bond acceptors (Lipinski definition) is 3. The number of para-hydroxylation sites is 1. The Balaban J connectivity index is 0.000000190. The molecule has 2 N–H and O–H groups in total. The van der Waals surface area contributed by atoms with Crippen LogP contribution in [0.2, 0.25) is 5.02 Å². The normalized spacial score (nSPS) is 11.5. The molecule has 0 saturated carbocycles. The molecule has 5 nitrogen and oxygen atoms in total. The summed E-state index contributed by atoms with van der Waals surface area (Å²) >= 11 is 5.96. The molecule has 0 unspecified atom stereocenters. The predicted octanol–water partition coefficient (Wildman–Crippen LogP) is 5.36. The van der Waals surface area contributed by atoms with E-state index < -0.39 is 0 Å². The number of hydrogen-bond donors (Lipinski definition) is 2. The van der Waals surface area contributed by atoms with Crippen LogP contribution in [0, 0.1) is 6.92 Å². The van der Waals surface area contributed by atoms with Crippen LogP contribution < -0.4 is 15.6 Å². The first-order chi connectivity index (χ1) is 16.0. The van der Waals surface area contributed by atoms with Crippen molar-refractivity contribution in [3.63, 3.8) is 0 Å². The van der Waals surface area contributed by atoms with Crippen molar-refractivity contribution in [3.8, 4) is 0 Å². The predicted molar refractivity (Wildman–Crippen MR) is 141 cm³/mol. The first kappa shape index (κ1) is 24.6. The fourth-order valence-electron chi connectivity index (χ4n) is 3.95. The summed E-state index contributed by atoms with van der Waals surface area (Å²) in [6.45, 7) is 14.9. The maximum absolute atomic E-state index is 5.96. The number of nitrogens with zero attached hydrogens (tertiary/aromatic N) is 3. The van der Waals surface area contributed by atoms with Crippen molar-refractivity contribution >= 4 is 41.0 Å². The average Bonchev–Trinajstić information content (AvgIpc) is 3.35. The number of H-pyrrole nitrogens is 2. The van der Waals surface area contributed by atoms with Gasteiger partial charge < -0.3 is 14.9 Å². The van der Waals surface area contributed by atoms with Crippen LogP contribution in [0.4, 0.5) is 5.69 Å². The summed E-state index contributed by atoms with van der Waals surface area (Å²) < 4.78 is 0. The highest BCUT2D eigenvalue weighted by Gasteiger charge is 2.07. The van der Waals surface area contributed by atoms with Crippen molar-refractivity contribution in [1.29, 1.82) is 0 Å². The number of nitrogens with one attached hydrogen (secondary N) is 2. The number of rotatable bonds is 7. The van der Waals surface area contributed by atoms with Gasteiger partial charge in [-0.3, -0.25) is 0 Å². The Labute approximate surface area is 201 Å². The third-order valence-electron chi connectivity index (χ3n) is 5.45. The van der Waals surface area contributed by atoms with E-state index >= 15 is 0 Å². The minimum atomic E-state index is 0.616. The standard InChI is InChI=1S/C14H23N.C13H11ClN4/c1-4-11-15(12-5-2)14-10-8-7-9-13(14)6-3;1-7-12(18-8(2)17-7)3-9-5-15-13-11(9)4-10(14)6-16-13/h7-10H,4-6,11-12H2,1-3H3;3-6H,1H2,2H3,(H,15,16)(H,17,18)/b;12-3-. The number of aromatic nitrogens is 4. The number of halogens is 1. The van der Waals surface area contributed by atoms with Crippen molar-refractivity contribution in [3.05, 3.63) is 75.4 Å². The summed E-state index contributed by atoms with van der Waals surface area (Å²) in [5, 5.41) is 3.22. The van der Waals surface area contributed by atoms with E-state index in [2.05, 4.69) is 76.5 Å². The van der Waals surface area contributed by atoms with E-state index in [1.165, 1.54) is 37.2 Å². The Bertz CT molecular complexity index is 1280. The van der Waals surface area contributed by atoms with Gasteiger partial charge in [0.1, 0.15) is 11.5 Å². The molecule has 0 bridgehead atoms. The highest BCUT2D eigenvalue weighted by atomic mass is 35.5. The smallest absolute Gasteiger partial charge is 0.137 e. The molecule has 3 heterocycles. The monoisotopic (exact) mass is 463 g/mol. The van der Waals surface area contributed by atoms with Crippen LogP contribution >= 0.6 is 11.6 Å². The van der Waals surface area contributed by atoms with E-state index in [1.54, 1.807) is 6.20 Å². The summed E-state index contributed by atoms with van der Waals surface area (Å²) in [5.41, 5.74) is 4.71.